The Hall–Kier alpha value is -0.710. The molecule has 1 unspecified atom stereocenters. The molecular formula is C8H15NO3S. The highest BCUT2D eigenvalue weighted by Crippen LogP contribution is 2.11. The molecule has 1 atom stereocenters. The summed E-state index contributed by atoms with van der Waals surface area (Å²) >= 11 is 1.68. The number of carbonyl (C=O) groups excluding carboxylic acids is 1. The van der Waals surface area contributed by atoms with Crippen LogP contribution in [0, 0.1) is 0 Å². The first kappa shape index (κ1) is 12.3. The number of hydrogen-bond acceptors (Lipinski definition) is 3. The van der Waals surface area contributed by atoms with Crippen molar-refractivity contribution in [1.29, 1.82) is 0 Å². The summed E-state index contributed by atoms with van der Waals surface area (Å²) < 4.78 is 0. The summed E-state index contributed by atoms with van der Waals surface area (Å²) in [7, 11) is 0. The zero-order valence-electron chi connectivity index (χ0n) is 7.82. The number of carboxylic acids is 1. The second kappa shape index (κ2) is 6.77. The molecule has 4 nitrogen and oxygen atoms in total. The molecule has 0 aromatic carbocycles. The summed E-state index contributed by atoms with van der Waals surface area (Å²) in [6.07, 6.45) is 0.899. The lowest BCUT2D eigenvalue weighted by molar-refractivity contribution is -0.140. The van der Waals surface area contributed by atoms with Gasteiger partial charge in [-0.25, -0.2) is 4.79 Å². The van der Waals surface area contributed by atoms with E-state index in [1.807, 2.05) is 13.8 Å². The first-order valence-corrected chi connectivity index (χ1v) is 5.17. The summed E-state index contributed by atoms with van der Waals surface area (Å²) in [6, 6.07) is -0.747. The van der Waals surface area contributed by atoms with Crippen LogP contribution in [0.25, 0.3) is 0 Å². The van der Waals surface area contributed by atoms with Crippen LogP contribution in [-0.2, 0) is 9.59 Å². The Morgan fingerprint density at radius 3 is 2.62 bits per heavy atom. The summed E-state index contributed by atoms with van der Waals surface area (Å²) in [5.41, 5.74) is 0. The molecule has 2 N–H and O–H groups in total. The zero-order valence-corrected chi connectivity index (χ0v) is 8.63. The molecule has 0 rings (SSSR count). The highest BCUT2D eigenvalue weighted by atomic mass is 32.2. The van der Waals surface area contributed by atoms with Crippen molar-refractivity contribution in [2.45, 2.75) is 31.6 Å². The van der Waals surface area contributed by atoms with E-state index in [0.29, 0.717) is 18.1 Å². The van der Waals surface area contributed by atoms with Crippen molar-refractivity contribution >= 4 is 24.1 Å². The number of amides is 1. The van der Waals surface area contributed by atoms with Gasteiger partial charge in [-0.05, 0) is 17.4 Å². The summed E-state index contributed by atoms with van der Waals surface area (Å²) in [5.74, 6) is -0.230. The molecule has 0 radical (unpaired) electrons. The lowest BCUT2D eigenvalue weighted by Crippen LogP contribution is -2.36. The van der Waals surface area contributed by atoms with Gasteiger partial charge in [0.1, 0.15) is 6.04 Å². The molecule has 0 aromatic rings. The highest BCUT2D eigenvalue weighted by molar-refractivity contribution is 7.99. The van der Waals surface area contributed by atoms with Crippen molar-refractivity contribution in [3.8, 4) is 0 Å². The summed E-state index contributed by atoms with van der Waals surface area (Å²) in [4.78, 5) is 20.6. The van der Waals surface area contributed by atoms with E-state index in [1.54, 1.807) is 11.8 Å². The van der Waals surface area contributed by atoms with Gasteiger partial charge >= 0.3 is 5.97 Å². The predicted molar refractivity (Wildman–Crippen MR) is 52.8 cm³/mol. The average Bonchev–Trinajstić information content (AvgIpc) is 2.02. The van der Waals surface area contributed by atoms with Crippen LogP contribution in [-0.4, -0.2) is 34.5 Å². The number of nitrogens with one attached hydrogen (secondary N) is 1. The van der Waals surface area contributed by atoms with E-state index < -0.39 is 12.0 Å². The predicted octanol–water partition coefficient (Wildman–Crippen LogP) is 0.717. The van der Waals surface area contributed by atoms with E-state index >= 15 is 0 Å². The molecule has 0 bridgehead atoms. The smallest absolute Gasteiger partial charge is 0.326 e. The first-order chi connectivity index (χ1) is 6.07. The fourth-order valence-electron chi connectivity index (χ4n) is 0.782. The van der Waals surface area contributed by atoms with E-state index in [-0.39, 0.29) is 0 Å². The van der Waals surface area contributed by atoms with Gasteiger partial charge < -0.3 is 10.4 Å². The van der Waals surface area contributed by atoms with Crippen molar-refractivity contribution in [2.24, 2.45) is 0 Å². The Labute approximate surface area is 82.1 Å². The molecule has 0 aliphatic rings. The maximum atomic E-state index is 10.5. The molecule has 0 aliphatic carbocycles. The molecule has 1 amide bonds. The summed E-state index contributed by atoms with van der Waals surface area (Å²) in [5, 5.41) is 11.4. The van der Waals surface area contributed by atoms with Gasteiger partial charge in [-0.15, -0.1) is 0 Å². The van der Waals surface area contributed by atoms with E-state index in [2.05, 4.69) is 5.32 Å². The van der Waals surface area contributed by atoms with Crippen molar-refractivity contribution in [3.63, 3.8) is 0 Å². The Kier molecular flexibility index (Phi) is 6.40. The standard InChI is InChI=1S/C8H15NO3S/c1-6(2)13-4-3-7(8(11)12)9-5-10/h5-7H,3-4H2,1-2H3,(H,9,10)(H,11,12). The van der Waals surface area contributed by atoms with Gasteiger partial charge in [-0.3, -0.25) is 4.79 Å². The minimum atomic E-state index is -0.976. The number of hydrogen-bond donors (Lipinski definition) is 2. The van der Waals surface area contributed by atoms with Gasteiger partial charge in [0.05, 0.1) is 0 Å². The Morgan fingerprint density at radius 2 is 2.23 bits per heavy atom. The SMILES string of the molecule is CC(C)SCCC(NC=O)C(=O)O. The van der Waals surface area contributed by atoms with Crippen LogP contribution in [0.15, 0.2) is 0 Å². The third kappa shape index (κ3) is 6.45. The second-order valence-electron chi connectivity index (χ2n) is 2.88. The molecule has 0 saturated carbocycles. The molecule has 13 heavy (non-hydrogen) atoms. The number of carboxylic acid groups (broad SMARTS) is 1. The fraction of sp³-hybridized carbons (Fsp3) is 0.750. The second-order valence-corrected chi connectivity index (χ2v) is 4.57. The summed E-state index contributed by atoms with van der Waals surface area (Å²) in [6.45, 7) is 4.10. The molecule has 0 saturated heterocycles. The van der Waals surface area contributed by atoms with Crippen LogP contribution in [0.1, 0.15) is 20.3 Å². The third-order valence-electron chi connectivity index (χ3n) is 1.43. The van der Waals surface area contributed by atoms with Crippen molar-refractivity contribution in [3.05, 3.63) is 0 Å². The van der Waals surface area contributed by atoms with Crippen LogP contribution < -0.4 is 5.32 Å². The lowest BCUT2D eigenvalue weighted by atomic mass is 10.2. The quantitative estimate of drug-likeness (QED) is 0.601. The van der Waals surface area contributed by atoms with Crippen molar-refractivity contribution in [2.75, 3.05) is 5.75 Å². The zero-order chi connectivity index (χ0) is 10.3. The van der Waals surface area contributed by atoms with E-state index in [0.717, 1.165) is 5.75 Å². The Morgan fingerprint density at radius 1 is 1.62 bits per heavy atom. The Bertz CT molecular complexity index is 173. The third-order valence-corrected chi connectivity index (χ3v) is 2.56. The minimum absolute atomic E-state index is 0.429. The van der Waals surface area contributed by atoms with Gasteiger partial charge in [0.2, 0.25) is 6.41 Å². The fourth-order valence-corrected chi connectivity index (χ4v) is 1.63. The molecule has 5 heteroatoms. The molecule has 0 spiro atoms. The molecule has 76 valence electrons. The molecule has 0 aromatic heterocycles. The number of aliphatic carboxylic acids is 1. The highest BCUT2D eigenvalue weighted by Gasteiger charge is 2.15. The van der Waals surface area contributed by atoms with Crippen LogP contribution in [0.5, 0.6) is 0 Å². The van der Waals surface area contributed by atoms with E-state index in [1.165, 1.54) is 0 Å². The molecule has 0 aliphatic heterocycles. The monoisotopic (exact) mass is 205 g/mol. The van der Waals surface area contributed by atoms with E-state index in [4.69, 9.17) is 5.11 Å². The van der Waals surface area contributed by atoms with Gasteiger partial charge in [0.25, 0.3) is 0 Å². The molecule has 0 heterocycles. The van der Waals surface area contributed by atoms with Gasteiger partial charge in [0.15, 0.2) is 0 Å². The number of carbonyl (C=O) groups is 2. The first-order valence-electron chi connectivity index (χ1n) is 4.12. The number of thioether (sulfide) groups is 1. The van der Waals surface area contributed by atoms with Gasteiger partial charge in [-0.1, -0.05) is 13.8 Å². The van der Waals surface area contributed by atoms with Crippen molar-refractivity contribution in [1.82, 2.24) is 5.32 Å². The van der Waals surface area contributed by atoms with Crippen LogP contribution >= 0.6 is 11.8 Å². The maximum absolute atomic E-state index is 10.5. The van der Waals surface area contributed by atoms with Crippen LogP contribution in [0.3, 0.4) is 0 Å². The van der Waals surface area contributed by atoms with Crippen LogP contribution in [0.4, 0.5) is 0 Å². The molecular weight excluding hydrogens is 190 g/mol. The minimum Gasteiger partial charge on any atom is -0.480 e. The largest absolute Gasteiger partial charge is 0.480 e. The molecule has 0 fully saturated rings. The lowest BCUT2D eigenvalue weighted by Gasteiger charge is -2.11. The Balaban J connectivity index is 3.69. The normalized spacial score (nSPS) is 12.5. The number of rotatable bonds is 7. The maximum Gasteiger partial charge on any atom is 0.326 e. The topological polar surface area (TPSA) is 66.4 Å². The van der Waals surface area contributed by atoms with Gasteiger partial charge in [-0.2, -0.15) is 11.8 Å². The van der Waals surface area contributed by atoms with Crippen molar-refractivity contribution < 1.29 is 14.7 Å². The average molecular weight is 205 g/mol. The van der Waals surface area contributed by atoms with Gasteiger partial charge in [0, 0.05) is 0 Å². The van der Waals surface area contributed by atoms with E-state index in [9.17, 15) is 9.59 Å². The van der Waals surface area contributed by atoms with Crippen LogP contribution in [0.2, 0.25) is 0 Å².